The van der Waals surface area contributed by atoms with Crippen LogP contribution < -0.4 is 10.2 Å². The van der Waals surface area contributed by atoms with E-state index < -0.39 is 0 Å². The van der Waals surface area contributed by atoms with Crippen molar-refractivity contribution in [1.29, 1.82) is 0 Å². The largest absolute Gasteiger partial charge is 0.506 e. The number of amides is 1. The van der Waals surface area contributed by atoms with Crippen LogP contribution in [-0.2, 0) is 4.79 Å². The number of aromatic hydroxyl groups is 1. The van der Waals surface area contributed by atoms with Gasteiger partial charge in [-0.1, -0.05) is 0 Å². The van der Waals surface area contributed by atoms with Crippen LogP contribution in [0.25, 0.3) is 0 Å². The lowest BCUT2D eigenvalue weighted by atomic mass is 10.2. The zero-order valence-electron chi connectivity index (χ0n) is 9.95. The van der Waals surface area contributed by atoms with Gasteiger partial charge in [0.25, 0.3) is 0 Å². The van der Waals surface area contributed by atoms with Crippen LogP contribution in [0.5, 0.6) is 5.75 Å². The summed E-state index contributed by atoms with van der Waals surface area (Å²) in [5.74, 6) is 0.0462. The number of nitrogens with one attached hydrogen (secondary N) is 1. The average Bonchev–Trinajstić information content (AvgIpc) is 2.21. The van der Waals surface area contributed by atoms with Gasteiger partial charge in [0, 0.05) is 31.8 Å². The van der Waals surface area contributed by atoms with Crippen LogP contribution >= 0.6 is 0 Å². The average molecular weight is 222 g/mol. The molecule has 4 heteroatoms. The van der Waals surface area contributed by atoms with Gasteiger partial charge in [0.2, 0.25) is 5.91 Å². The third kappa shape index (κ3) is 2.89. The van der Waals surface area contributed by atoms with Crippen molar-refractivity contribution in [3.63, 3.8) is 0 Å². The highest BCUT2D eigenvalue weighted by Gasteiger charge is 2.08. The van der Waals surface area contributed by atoms with E-state index in [1.165, 1.54) is 6.92 Å². The maximum absolute atomic E-state index is 10.9. The molecule has 88 valence electrons. The standard InChI is InChI=1S/C12H18N2O2/c1-4-14(5-2)11-7-6-10(8-12(11)16)13-9(3)15/h6-8,16H,4-5H2,1-3H3,(H,13,15). The first-order chi connectivity index (χ1) is 7.58. The first kappa shape index (κ1) is 12.4. The van der Waals surface area contributed by atoms with Crippen molar-refractivity contribution < 1.29 is 9.90 Å². The number of anilines is 2. The molecule has 1 rings (SSSR count). The molecule has 0 spiro atoms. The molecule has 16 heavy (non-hydrogen) atoms. The Labute approximate surface area is 95.9 Å². The normalized spacial score (nSPS) is 9.94. The zero-order valence-corrected chi connectivity index (χ0v) is 9.95. The van der Waals surface area contributed by atoms with E-state index in [1.807, 2.05) is 24.8 Å². The van der Waals surface area contributed by atoms with E-state index in [0.29, 0.717) is 5.69 Å². The Balaban J connectivity index is 2.94. The van der Waals surface area contributed by atoms with Crippen molar-refractivity contribution in [1.82, 2.24) is 0 Å². The monoisotopic (exact) mass is 222 g/mol. The second-order valence-corrected chi connectivity index (χ2v) is 3.56. The number of nitrogens with zero attached hydrogens (tertiary/aromatic N) is 1. The number of carbonyl (C=O) groups excluding carboxylic acids is 1. The van der Waals surface area contributed by atoms with Crippen LogP contribution in [0.3, 0.4) is 0 Å². The molecule has 4 nitrogen and oxygen atoms in total. The highest BCUT2D eigenvalue weighted by Crippen LogP contribution is 2.29. The Hall–Kier alpha value is -1.71. The van der Waals surface area contributed by atoms with E-state index in [-0.39, 0.29) is 11.7 Å². The lowest BCUT2D eigenvalue weighted by Crippen LogP contribution is -2.21. The first-order valence-corrected chi connectivity index (χ1v) is 5.44. The third-order valence-electron chi connectivity index (χ3n) is 2.40. The predicted molar refractivity (Wildman–Crippen MR) is 66.0 cm³/mol. The van der Waals surface area contributed by atoms with Gasteiger partial charge in [-0.2, -0.15) is 0 Å². The number of benzene rings is 1. The summed E-state index contributed by atoms with van der Waals surface area (Å²) in [7, 11) is 0. The summed E-state index contributed by atoms with van der Waals surface area (Å²) >= 11 is 0. The van der Waals surface area contributed by atoms with Gasteiger partial charge in [0.1, 0.15) is 5.75 Å². The molecule has 0 saturated carbocycles. The van der Waals surface area contributed by atoms with Crippen LogP contribution in [0.15, 0.2) is 18.2 Å². The predicted octanol–water partition coefficient (Wildman–Crippen LogP) is 2.20. The topological polar surface area (TPSA) is 52.6 Å². The highest BCUT2D eigenvalue weighted by atomic mass is 16.3. The number of hydrogen-bond acceptors (Lipinski definition) is 3. The molecule has 0 atom stereocenters. The summed E-state index contributed by atoms with van der Waals surface area (Å²) in [4.78, 5) is 12.9. The molecule has 0 aliphatic heterocycles. The quantitative estimate of drug-likeness (QED) is 0.821. The smallest absolute Gasteiger partial charge is 0.221 e. The lowest BCUT2D eigenvalue weighted by Gasteiger charge is -2.22. The van der Waals surface area contributed by atoms with E-state index in [2.05, 4.69) is 5.32 Å². The van der Waals surface area contributed by atoms with E-state index in [0.717, 1.165) is 18.8 Å². The van der Waals surface area contributed by atoms with Crippen LogP contribution in [0.4, 0.5) is 11.4 Å². The van der Waals surface area contributed by atoms with Crippen LogP contribution in [0.2, 0.25) is 0 Å². The molecule has 0 heterocycles. The summed E-state index contributed by atoms with van der Waals surface area (Å²) < 4.78 is 0. The van der Waals surface area contributed by atoms with E-state index in [4.69, 9.17) is 0 Å². The summed E-state index contributed by atoms with van der Waals surface area (Å²) in [6.45, 7) is 7.18. The summed E-state index contributed by atoms with van der Waals surface area (Å²) in [6, 6.07) is 5.16. The fraction of sp³-hybridized carbons (Fsp3) is 0.417. The molecular formula is C12H18N2O2. The summed E-state index contributed by atoms with van der Waals surface area (Å²) in [5, 5.41) is 12.5. The molecule has 0 fully saturated rings. The molecule has 2 N–H and O–H groups in total. The second-order valence-electron chi connectivity index (χ2n) is 3.56. The van der Waals surface area contributed by atoms with Crippen molar-refractivity contribution in [2.75, 3.05) is 23.3 Å². The lowest BCUT2D eigenvalue weighted by molar-refractivity contribution is -0.114. The van der Waals surface area contributed by atoms with Crippen molar-refractivity contribution in [3.8, 4) is 5.75 Å². The Bertz CT molecular complexity index is 373. The fourth-order valence-corrected chi connectivity index (χ4v) is 1.64. The maximum Gasteiger partial charge on any atom is 0.221 e. The van der Waals surface area contributed by atoms with Crippen molar-refractivity contribution in [2.45, 2.75) is 20.8 Å². The van der Waals surface area contributed by atoms with Crippen LogP contribution in [-0.4, -0.2) is 24.1 Å². The molecule has 1 aromatic rings. The number of carbonyl (C=O) groups is 1. The Morgan fingerprint density at radius 1 is 1.38 bits per heavy atom. The van der Waals surface area contributed by atoms with Crippen LogP contribution in [0.1, 0.15) is 20.8 Å². The van der Waals surface area contributed by atoms with Gasteiger partial charge >= 0.3 is 0 Å². The van der Waals surface area contributed by atoms with Gasteiger partial charge in [-0.25, -0.2) is 0 Å². The van der Waals surface area contributed by atoms with E-state index in [1.54, 1.807) is 12.1 Å². The number of rotatable bonds is 4. The SMILES string of the molecule is CCN(CC)c1ccc(NC(C)=O)cc1O. The van der Waals surface area contributed by atoms with Crippen LogP contribution in [0, 0.1) is 0 Å². The molecular weight excluding hydrogens is 204 g/mol. The molecule has 0 saturated heterocycles. The van der Waals surface area contributed by atoms with Gasteiger partial charge in [0.15, 0.2) is 0 Å². The minimum absolute atomic E-state index is 0.144. The highest BCUT2D eigenvalue weighted by molar-refractivity contribution is 5.89. The van der Waals surface area contributed by atoms with Gasteiger partial charge in [-0.3, -0.25) is 4.79 Å². The summed E-state index contributed by atoms with van der Waals surface area (Å²) in [5.41, 5.74) is 1.40. The fourth-order valence-electron chi connectivity index (χ4n) is 1.64. The Morgan fingerprint density at radius 2 is 2.00 bits per heavy atom. The van der Waals surface area contributed by atoms with E-state index >= 15 is 0 Å². The van der Waals surface area contributed by atoms with Gasteiger partial charge in [-0.05, 0) is 26.0 Å². The summed E-state index contributed by atoms with van der Waals surface area (Å²) in [6.07, 6.45) is 0. The Morgan fingerprint density at radius 3 is 2.44 bits per heavy atom. The van der Waals surface area contributed by atoms with Gasteiger partial charge in [-0.15, -0.1) is 0 Å². The van der Waals surface area contributed by atoms with Crippen molar-refractivity contribution in [3.05, 3.63) is 18.2 Å². The minimum atomic E-state index is -0.144. The zero-order chi connectivity index (χ0) is 12.1. The molecule has 1 aromatic carbocycles. The van der Waals surface area contributed by atoms with Gasteiger partial charge in [0.05, 0.1) is 5.69 Å². The van der Waals surface area contributed by atoms with Crippen molar-refractivity contribution in [2.24, 2.45) is 0 Å². The number of hydrogen-bond donors (Lipinski definition) is 2. The molecule has 0 aromatic heterocycles. The molecule has 0 bridgehead atoms. The number of phenols is 1. The third-order valence-corrected chi connectivity index (χ3v) is 2.40. The molecule has 0 unspecified atom stereocenters. The first-order valence-electron chi connectivity index (χ1n) is 5.44. The Kier molecular flexibility index (Phi) is 4.17. The molecule has 0 aliphatic rings. The minimum Gasteiger partial charge on any atom is -0.506 e. The molecule has 1 amide bonds. The number of phenolic OH excluding ortho intramolecular Hbond substituents is 1. The van der Waals surface area contributed by atoms with Crippen molar-refractivity contribution >= 4 is 17.3 Å². The second kappa shape index (κ2) is 5.39. The molecule has 0 aliphatic carbocycles. The maximum atomic E-state index is 10.9. The van der Waals surface area contributed by atoms with E-state index in [9.17, 15) is 9.90 Å². The molecule has 0 radical (unpaired) electrons. The van der Waals surface area contributed by atoms with Gasteiger partial charge < -0.3 is 15.3 Å².